The zero-order valence-electron chi connectivity index (χ0n) is 21.9. The summed E-state index contributed by atoms with van der Waals surface area (Å²) in [6.45, 7) is 8.14. The highest BCUT2D eigenvalue weighted by Gasteiger charge is 2.31. The molecule has 0 bridgehead atoms. The number of hydrogen-bond acceptors (Lipinski definition) is 7. The fourth-order valence-corrected chi connectivity index (χ4v) is 3.68. The van der Waals surface area contributed by atoms with Crippen LogP contribution in [0.4, 0.5) is 0 Å². The maximum absolute atomic E-state index is 13.2. The van der Waals surface area contributed by atoms with Gasteiger partial charge in [-0.1, -0.05) is 42.5 Å². The number of ether oxygens (including phenoxy) is 3. The second-order valence-corrected chi connectivity index (χ2v) is 8.54. The molecular formula is C28H42N2O7. The van der Waals surface area contributed by atoms with Crippen LogP contribution in [0.1, 0.15) is 50.2 Å². The molecule has 0 aromatic heterocycles. The predicted molar refractivity (Wildman–Crippen MR) is 142 cm³/mol. The van der Waals surface area contributed by atoms with Crippen molar-refractivity contribution in [2.24, 2.45) is 5.92 Å². The number of benzene rings is 1. The van der Waals surface area contributed by atoms with E-state index in [0.717, 1.165) is 18.4 Å². The third kappa shape index (κ3) is 13.8. The van der Waals surface area contributed by atoms with Gasteiger partial charge in [-0.05, 0) is 31.2 Å². The summed E-state index contributed by atoms with van der Waals surface area (Å²) in [6.07, 6.45) is 5.48. The lowest BCUT2D eigenvalue weighted by molar-refractivity contribution is -0.153. The Labute approximate surface area is 220 Å². The number of aliphatic hydroxyl groups is 1. The molecule has 0 aliphatic heterocycles. The lowest BCUT2D eigenvalue weighted by Gasteiger charge is -2.29. The van der Waals surface area contributed by atoms with Crippen LogP contribution < -0.4 is 10.6 Å². The summed E-state index contributed by atoms with van der Waals surface area (Å²) < 4.78 is 16.3. The molecule has 0 fully saturated rings. The van der Waals surface area contributed by atoms with Gasteiger partial charge >= 0.3 is 5.97 Å². The number of unbranched alkanes of at least 4 members (excludes halogenated alkanes) is 2. The first-order valence-corrected chi connectivity index (χ1v) is 12.7. The first-order chi connectivity index (χ1) is 18.0. The van der Waals surface area contributed by atoms with Gasteiger partial charge in [0.1, 0.15) is 6.10 Å². The molecule has 2 amide bonds. The molecule has 0 radical (unpaired) electrons. The molecule has 0 heterocycles. The summed E-state index contributed by atoms with van der Waals surface area (Å²) in [5, 5.41) is 14.4. The summed E-state index contributed by atoms with van der Waals surface area (Å²) in [5.74, 6) is -1.69. The van der Waals surface area contributed by atoms with Crippen molar-refractivity contribution < 1.29 is 33.7 Å². The minimum absolute atomic E-state index is 0.0450. The highest BCUT2D eigenvalue weighted by Crippen LogP contribution is 2.24. The third-order valence-corrected chi connectivity index (χ3v) is 5.52. The van der Waals surface area contributed by atoms with Gasteiger partial charge in [-0.25, -0.2) is 0 Å². The van der Waals surface area contributed by atoms with E-state index in [1.165, 1.54) is 7.11 Å². The second kappa shape index (κ2) is 20.1. The monoisotopic (exact) mass is 518 g/mol. The number of methoxy groups -OCH3 is 1. The summed E-state index contributed by atoms with van der Waals surface area (Å²) in [5.41, 5.74) is 0.727. The summed E-state index contributed by atoms with van der Waals surface area (Å²) in [6, 6.07) is 8.52. The highest BCUT2D eigenvalue weighted by atomic mass is 16.5. The van der Waals surface area contributed by atoms with Gasteiger partial charge in [-0.15, -0.1) is 13.2 Å². The maximum atomic E-state index is 13.2. The van der Waals surface area contributed by atoms with E-state index in [4.69, 9.17) is 19.3 Å². The molecule has 0 saturated carbocycles. The van der Waals surface area contributed by atoms with E-state index < -0.39 is 18.1 Å². The van der Waals surface area contributed by atoms with Crippen molar-refractivity contribution in [1.29, 1.82) is 0 Å². The van der Waals surface area contributed by atoms with Crippen molar-refractivity contribution >= 4 is 17.8 Å². The van der Waals surface area contributed by atoms with Gasteiger partial charge in [0.05, 0.1) is 38.4 Å². The number of amides is 2. The van der Waals surface area contributed by atoms with Gasteiger partial charge in [0.25, 0.3) is 0 Å². The standard InChI is InChI=1S/C28H42N2O7/c1-4-6-7-11-15-26(33)37-27(22-13-9-8-10-14-22)24(21-35-3)30-28(34)23(12-5-2)20-25(32)29-16-18-36-19-17-31/h4-5,8-10,13-14,23-24,27,31H,1-2,6-7,11-12,15-21H2,3H3,(H,29,32)(H,30,34)/t23-,24-,27-/m0/s1. The largest absolute Gasteiger partial charge is 0.455 e. The second-order valence-electron chi connectivity index (χ2n) is 8.54. The Morgan fingerprint density at radius 2 is 1.84 bits per heavy atom. The Morgan fingerprint density at radius 3 is 2.49 bits per heavy atom. The average Bonchev–Trinajstić information content (AvgIpc) is 2.89. The number of esters is 1. The van der Waals surface area contributed by atoms with E-state index in [0.29, 0.717) is 12.8 Å². The van der Waals surface area contributed by atoms with E-state index in [1.54, 1.807) is 6.08 Å². The van der Waals surface area contributed by atoms with Gasteiger partial charge in [-0.3, -0.25) is 14.4 Å². The number of rotatable bonds is 21. The quantitative estimate of drug-likeness (QED) is 0.130. The van der Waals surface area contributed by atoms with Crippen LogP contribution in [0.5, 0.6) is 0 Å². The number of nitrogens with one attached hydrogen (secondary N) is 2. The number of allylic oxidation sites excluding steroid dienone is 2. The fraction of sp³-hybridized carbons (Fsp3) is 0.536. The van der Waals surface area contributed by atoms with Crippen molar-refractivity contribution in [1.82, 2.24) is 10.6 Å². The minimum Gasteiger partial charge on any atom is -0.455 e. The normalized spacial score (nSPS) is 13.1. The van der Waals surface area contributed by atoms with Crippen molar-refractivity contribution in [3.63, 3.8) is 0 Å². The number of carbonyl (C=O) groups is 3. The molecule has 3 N–H and O–H groups in total. The van der Waals surface area contributed by atoms with E-state index in [9.17, 15) is 14.4 Å². The lowest BCUT2D eigenvalue weighted by atomic mass is 9.97. The van der Waals surface area contributed by atoms with Crippen LogP contribution in [0.3, 0.4) is 0 Å². The molecule has 9 heteroatoms. The van der Waals surface area contributed by atoms with E-state index in [2.05, 4.69) is 23.8 Å². The van der Waals surface area contributed by atoms with Crippen LogP contribution in [0.2, 0.25) is 0 Å². The predicted octanol–water partition coefficient (Wildman–Crippen LogP) is 2.86. The van der Waals surface area contributed by atoms with Gasteiger partial charge in [0.2, 0.25) is 11.8 Å². The molecule has 1 aromatic carbocycles. The molecule has 206 valence electrons. The van der Waals surface area contributed by atoms with Crippen LogP contribution in [0, 0.1) is 5.92 Å². The van der Waals surface area contributed by atoms with Gasteiger partial charge in [0.15, 0.2) is 0 Å². The van der Waals surface area contributed by atoms with E-state index in [1.807, 2.05) is 36.4 Å². The van der Waals surface area contributed by atoms with Crippen molar-refractivity contribution in [3.05, 3.63) is 61.2 Å². The SMILES string of the molecule is C=CCCCCC(=O)O[C@@H](c1ccccc1)[C@H](COC)NC(=O)[C@@H](CC=C)CC(=O)NCCOCCO. The Hall–Kier alpha value is -3.01. The smallest absolute Gasteiger partial charge is 0.306 e. The van der Waals surface area contributed by atoms with E-state index >= 15 is 0 Å². The van der Waals surface area contributed by atoms with Crippen LogP contribution in [-0.4, -0.2) is 69.0 Å². The highest BCUT2D eigenvalue weighted by molar-refractivity contribution is 5.86. The molecular weight excluding hydrogens is 476 g/mol. The first-order valence-electron chi connectivity index (χ1n) is 12.7. The summed E-state index contributed by atoms with van der Waals surface area (Å²) in [4.78, 5) is 38.3. The third-order valence-electron chi connectivity index (χ3n) is 5.52. The molecule has 0 saturated heterocycles. The summed E-state index contributed by atoms with van der Waals surface area (Å²) >= 11 is 0. The molecule has 1 rings (SSSR count). The molecule has 1 aromatic rings. The number of hydrogen-bond donors (Lipinski definition) is 3. The Kier molecular flexibility index (Phi) is 17.4. The zero-order valence-corrected chi connectivity index (χ0v) is 21.9. The number of aliphatic hydroxyl groups excluding tert-OH is 1. The Morgan fingerprint density at radius 1 is 1.08 bits per heavy atom. The van der Waals surface area contributed by atoms with Crippen molar-refractivity contribution in [2.45, 2.75) is 50.7 Å². The van der Waals surface area contributed by atoms with Gasteiger partial charge in [-0.2, -0.15) is 0 Å². The van der Waals surface area contributed by atoms with Crippen LogP contribution >= 0.6 is 0 Å². The summed E-state index contributed by atoms with van der Waals surface area (Å²) in [7, 11) is 1.51. The van der Waals surface area contributed by atoms with Crippen molar-refractivity contribution in [2.75, 3.05) is 40.1 Å². The Balaban J connectivity index is 2.91. The lowest BCUT2D eigenvalue weighted by Crippen LogP contribution is -2.47. The van der Waals surface area contributed by atoms with Crippen molar-refractivity contribution in [3.8, 4) is 0 Å². The molecule has 37 heavy (non-hydrogen) atoms. The fourth-order valence-electron chi connectivity index (χ4n) is 3.68. The number of carbonyl (C=O) groups excluding carboxylic acids is 3. The molecule has 3 atom stereocenters. The molecule has 0 aliphatic carbocycles. The molecule has 0 aliphatic rings. The maximum Gasteiger partial charge on any atom is 0.306 e. The van der Waals surface area contributed by atoms with Gasteiger partial charge in [0, 0.05) is 26.5 Å². The average molecular weight is 519 g/mol. The van der Waals surface area contributed by atoms with Crippen LogP contribution in [0.25, 0.3) is 0 Å². The van der Waals surface area contributed by atoms with Crippen LogP contribution in [-0.2, 0) is 28.6 Å². The van der Waals surface area contributed by atoms with E-state index in [-0.39, 0.29) is 63.6 Å². The Bertz CT molecular complexity index is 816. The first kappa shape index (κ1) is 32.0. The van der Waals surface area contributed by atoms with Crippen LogP contribution in [0.15, 0.2) is 55.6 Å². The zero-order chi connectivity index (χ0) is 27.3. The molecule has 0 unspecified atom stereocenters. The minimum atomic E-state index is -0.765. The molecule has 9 nitrogen and oxygen atoms in total. The molecule has 0 spiro atoms. The topological polar surface area (TPSA) is 123 Å². The van der Waals surface area contributed by atoms with Gasteiger partial charge < -0.3 is 30.0 Å².